The van der Waals surface area contributed by atoms with Crippen molar-refractivity contribution in [3.05, 3.63) is 168 Å². The summed E-state index contributed by atoms with van der Waals surface area (Å²) >= 11 is 0. The minimum Gasteiger partial charge on any atom is -0.344 e. The van der Waals surface area contributed by atoms with Gasteiger partial charge in [0.2, 0.25) is 0 Å². The molecule has 7 aromatic rings. The van der Waals surface area contributed by atoms with E-state index in [-0.39, 0.29) is 6.17 Å². The highest BCUT2D eigenvalue weighted by Crippen LogP contribution is 2.29. The van der Waals surface area contributed by atoms with Crippen LogP contribution in [0.15, 0.2) is 162 Å². The third-order valence-electron chi connectivity index (χ3n) is 8.06. The molecule has 0 saturated carbocycles. The summed E-state index contributed by atoms with van der Waals surface area (Å²) in [6, 6.07) is 53.6. The molecule has 1 N–H and O–H groups in total. The van der Waals surface area contributed by atoms with E-state index >= 15 is 0 Å². The lowest BCUT2D eigenvalue weighted by Crippen LogP contribution is -2.33. The first kappa shape index (κ1) is 24.3. The van der Waals surface area contributed by atoms with E-state index in [2.05, 4.69) is 139 Å². The second-order valence-electron chi connectivity index (χ2n) is 10.8. The number of nitrogens with one attached hydrogen (secondary N) is 1. The van der Waals surface area contributed by atoms with Gasteiger partial charge < -0.3 is 5.32 Å². The number of rotatable bonds is 4. The average Bonchev–Trinajstić information content (AvgIpc) is 3.07. The quantitative estimate of drug-likeness (QED) is 0.239. The minimum atomic E-state index is -0.247. The molecule has 1 atom stereocenters. The zero-order valence-electron chi connectivity index (χ0n) is 22.9. The van der Waals surface area contributed by atoms with Crippen LogP contribution < -0.4 is 5.32 Å². The van der Waals surface area contributed by atoms with Crippen molar-refractivity contribution < 1.29 is 0 Å². The first-order chi connectivity index (χ1) is 20.8. The smallest absolute Gasteiger partial charge is 0.159 e. The van der Waals surface area contributed by atoms with Gasteiger partial charge in [-0.05, 0) is 73.3 Å². The maximum atomic E-state index is 5.05. The topological polar surface area (TPSA) is 36.8 Å². The van der Waals surface area contributed by atoms with Gasteiger partial charge in [-0.25, -0.2) is 9.98 Å². The fourth-order valence-electron chi connectivity index (χ4n) is 5.80. The monoisotopic (exact) mass is 537 g/mol. The number of hydrogen-bond donors (Lipinski definition) is 1. The minimum absolute atomic E-state index is 0.247. The van der Waals surface area contributed by atoms with Gasteiger partial charge in [0.05, 0.1) is 0 Å². The fourth-order valence-corrected chi connectivity index (χ4v) is 5.80. The van der Waals surface area contributed by atoms with Gasteiger partial charge in [0, 0.05) is 11.1 Å². The number of hydrogen-bond acceptors (Lipinski definition) is 3. The zero-order chi connectivity index (χ0) is 27.9. The SMILES string of the molecule is c1ccc(C2=NC(c3ccc4ccccc4c3)NC(c3ccc4cc(-c5ccc6ccccc6c5)ccc4c3)=N2)cc1. The molecule has 198 valence electrons. The van der Waals surface area contributed by atoms with Crippen LogP contribution in [0.4, 0.5) is 0 Å². The van der Waals surface area contributed by atoms with Crippen LogP contribution in [-0.2, 0) is 0 Å². The standard InChI is InChI=1S/C39H27N3/c1-2-10-28(11-3-1)37-40-38(35-20-15-27-9-5-7-13-30(27)24-35)42-39(41-37)36-21-19-33-23-32(17-18-34(33)25-36)31-16-14-26-8-4-6-12-29(26)22-31/h1-25,38H,(H,40,41,42). The van der Waals surface area contributed by atoms with Crippen LogP contribution in [0.3, 0.4) is 0 Å². The summed E-state index contributed by atoms with van der Waals surface area (Å²) in [5, 5.41) is 10.9. The summed E-state index contributed by atoms with van der Waals surface area (Å²) in [7, 11) is 0. The first-order valence-corrected chi connectivity index (χ1v) is 14.3. The van der Waals surface area contributed by atoms with Crippen molar-refractivity contribution in [2.24, 2.45) is 9.98 Å². The Hall–Kier alpha value is -5.54. The second kappa shape index (κ2) is 10.1. The number of nitrogens with zero attached hydrogens (tertiary/aromatic N) is 2. The Morgan fingerprint density at radius 2 is 0.905 bits per heavy atom. The summed E-state index contributed by atoms with van der Waals surface area (Å²) < 4.78 is 0. The number of benzene rings is 7. The highest BCUT2D eigenvalue weighted by molar-refractivity contribution is 6.14. The van der Waals surface area contributed by atoms with Crippen LogP contribution in [0, 0.1) is 0 Å². The normalized spacial score (nSPS) is 14.9. The van der Waals surface area contributed by atoms with E-state index < -0.39 is 0 Å². The molecule has 3 nitrogen and oxygen atoms in total. The van der Waals surface area contributed by atoms with E-state index in [1.807, 2.05) is 18.2 Å². The summed E-state index contributed by atoms with van der Waals surface area (Å²) in [6.07, 6.45) is -0.247. The Labute approximate surface area is 244 Å². The molecule has 1 aliphatic heterocycles. The van der Waals surface area contributed by atoms with Crippen molar-refractivity contribution in [2.45, 2.75) is 6.17 Å². The van der Waals surface area contributed by atoms with Gasteiger partial charge in [-0.2, -0.15) is 0 Å². The lowest BCUT2D eigenvalue weighted by atomic mass is 9.97. The van der Waals surface area contributed by atoms with E-state index in [1.165, 1.54) is 43.4 Å². The van der Waals surface area contributed by atoms with Crippen molar-refractivity contribution in [3.8, 4) is 11.1 Å². The highest BCUT2D eigenvalue weighted by atomic mass is 15.2. The Balaban J connectivity index is 1.17. The summed E-state index contributed by atoms with van der Waals surface area (Å²) in [5.74, 6) is 1.55. The molecule has 0 radical (unpaired) electrons. The van der Waals surface area contributed by atoms with Crippen LogP contribution >= 0.6 is 0 Å². The predicted molar refractivity (Wildman–Crippen MR) is 176 cm³/mol. The van der Waals surface area contributed by atoms with Crippen molar-refractivity contribution in [3.63, 3.8) is 0 Å². The van der Waals surface area contributed by atoms with Gasteiger partial charge in [0.15, 0.2) is 5.84 Å². The molecule has 0 spiro atoms. The van der Waals surface area contributed by atoms with Gasteiger partial charge >= 0.3 is 0 Å². The summed E-state index contributed by atoms with van der Waals surface area (Å²) in [6.45, 7) is 0. The van der Waals surface area contributed by atoms with Crippen LogP contribution in [0.5, 0.6) is 0 Å². The van der Waals surface area contributed by atoms with Crippen LogP contribution in [0.25, 0.3) is 43.4 Å². The zero-order valence-corrected chi connectivity index (χ0v) is 22.9. The van der Waals surface area contributed by atoms with Crippen LogP contribution in [-0.4, -0.2) is 11.7 Å². The molecule has 0 fully saturated rings. The predicted octanol–water partition coefficient (Wildman–Crippen LogP) is 9.31. The van der Waals surface area contributed by atoms with Crippen LogP contribution in [0.2, 0.25) is 0 Å². The Morgan fingerprint density at radius 1 is 0.405 bits per heavy atom. The number of fused-ring (bicyclic) bond motifs is 3. The maximum Gasteiger partial charge on any atom is 0.159 e. The molecule has 8 rings (SSSR count). The molecule has 1 aliphatic rings. The molecule has 1 unspecified atom stereocenters. The van der Waals surface area contributed by atoms with Gasteiger partial charge in [-0.3, -0.25) is 0 Å². The van der Waals surface area contributed by atoms with E-state index in [4.69, 9.17) is 9.98 Å². The van der Waals surface area contributed by atoms with Crippen LogP contribution in [0.1, 0.15) is 22.9 Å². The van der Waals surface area contributed by atoms with Crippen molar-refractivity contribution in [1.82, 2.24) is 5.32 Å². The molecule has 0 bridgehead atoms. The maximum absolute atomic E-state index is 5.05. The first-order valence-electron chi connectivity index (χ1n) is 14.3. The number of aliphatic imine (C=N–C) groups is 2. The van der Waals surface area contributed by atoms with Gasteiger partial charge in [-0.1, -0.05) is 127 Å². The molecule has 0 saturated heterocycles. The van der Waals surface area contributed by atoms with Gasteiger partial charge in [0.25, 0.3) is 0 Å². The Kier molecular flexibility index (Phi) is 5.86. The van der Waals surface area contributed by atoms with E-state index in [1.54, 1.807) is 0 Å². The molecule has 42 heavy (non-hydrogen) atoms. The second-order valence-corrected chi connectivity index (χ2v) is 10.8. The Morgan fingerprint density at radius 3 is 1.60 bits per heavy atom. The molecule has 0 aliphatic carbocycles. The average molecular weight is 538 g/mol. The Bertz CT molecular complexity index is 2180. The van der Waals surface area contributed by atoms with Crippen molar-refractivity contribution in [2.75, 3.05) is 0 Å². The lowest BCUT2D eigenvalue weighted by molar-refractivity contribution is 0.675. The fraction of sp³-hybridized carbons (Fsp3) is 0.0256. The molecule has 1 heterocycles. The largest absolute Gasteiger partial charge is 0.344 e. The third-order valence-corrected chi connectivity index (χ3v) is 8.06. The van der Waals surface area contributed by atoms with Gasteiger partial charge in [-0.15, -0.1) is 0 Å². The number of amidine groups is 2. The molecular formula is C39H27N3. The molecule has 7 aromatic carbocycles. The van der Waals surface area contributed by atoms with Crippen molar-refractivity contribution >= 4 is 44.0 Å². The summed E-state index contributed by atoms with van der Waals surface area (Å²) in [5.41, 5.74) is 5.58. The molecule has 3 heteroatoms. The summed E-state index contributed by atoms with van der Waals surface area (Å²) in [4.78, 5) is 10.1. The lowest BCUT2D eigenvalue weighted by Gasteiger charge is -2.24. The molecular weight excluding hydrogens is 510 g/mol. The highest BCUT2D eigenvalue weighted by Gasteiger charge is 2.21. The molecule has 0 aromatic heterocycles. The van der Waals surface area contributed by atoms with E-state index in [9.17, 15) is 0 Å². The third kappa shape index (κ3) is 4.51. The van der Waals surface area contributed by atoms with Gasteiger partial charge in [0.1, 0.15) is 12.0 Å². The van der Waals surface area contributed by atoms with E-state index in [0.29, 0.717) is 0 Å². The van der Waals surface area contributed by atoms with E-state index in [0.717, 1.165) is 28.4 Å². The molecule has 0 amide bonds. The van der Waals surface area contributed by atoms with Crippen molar-refractivity contribution in [1.29, 1.82) is 0 Å².